The number of benzene rings is 2. The van der Waals surface area contributed by atoms with E-state index in [9.17, 15) is 9.59 Å². The molecule has 6 heteroatoms. The zero-order chi connectivity index (χ0) is 19.7. The first-order valence-corrected chi connectivity index (χ1v) is 9.33. The zero-order valence-corrected chi connectivity index (χ0v) is 15.5. The molecule has 6 rings (SSSR count). The standard InChI is InChI=1S/C23H15N3O3/c1-29-23(28)17-11-14-13-7-3-5-9-18(13)26-21(14)20(25-17)19-15(22(26)27)10-12-6-2-4-8-16(12)24-19/h2-9,11,24H,10H2,1H3. The van der Waals surface area contributed by atoms with Gasteiger partial charge in [-0.25, -0.2) is 9.78 Å². The highest BCUT2D eigenvalue weighted by Gasteiger charge is 2.27. The van der Waals surface area contributed by atoms with Crippen molar-refractivity contribution in [2.75, 3.05) is 12.4 Å². The van der Waals surface area contributed by atoms with E-state index in [0.717, 1.165) is 33.1 Å². The van der Waals surface area contributed by atoms with Gasteiger partial charge >= 0.3 is 5.97 Å². The van der Waals surface area contributed by atoms with E-state index in [2.05, 4.69) is 10.3 Å². The maximum atomic E-state index is 13.5. The summed E-state index contributed by atoms with van der Waals surface area (Å²) in [6.45, 7) is 0. The van der Waals surface area contributed by atoms with Gasteiger partial charge in [0.1, 0.15) is 11.2 Å². The average Bonchev–Trinajstić information content (AvgIpc) is 3.10. The Morgan fingerprint density at radius 1 is 1.10 bits per heavy atom. The van der Waals surface area contributed by atoms with Gasteiger partial charge in [0.05, 0.1) is 23.8 Å². The number of ether oxygens (including phenoxy) is 1. The van der Waals surface area contributed by atoms with Crippen molar-refractivity contribution in [3.8, 4) is 0 Å². The first-order valence-electron chi connectivity index (χ1n) is 9.33. The number of nitrogens with zero attached hydrogens (tertiary/aromatic N) is 2. The van der Waals surface area contributed by atoms with Crippen LogP contribution in [-0.2, 0) is 11.2 Å². The first-order chi connectivity index (χ1) is 14.2. The maximum absolute atomic E-state index is 13.5. The van der Waals surface area contributed by atoms with Gasteiger partial charge in [0.2, 0.25) is 0 Å². The quantitative estimate of drug-likeness (QED) is 0.438. The molecule has 2 aromatic carbocycles. The number of esters is 1. The van der Waals surface area contributed by atoms with Crippen LogP contribution in [0.5, 0.6) is 0 Å². The highest BCUT2D eigenvalue weighted by Crippen LogP contribution is 2.39. The number of carbonyl (C=O) groups is 1. The first kappa shape index (κ1) is 16.1. The highest BCUT2D eigenvalue weighted by molar-refractivity contribution is 6.17. The predicted molar refractivity (Wildman–Crippen MR) is 112 cm³/mol. The Labute approximate surface area is 164 Å². The van der Waals surface area contributed by atoms with Gasteiger partial charge in [-0.3, -0.25) is 9.20 Å². The second-order valence-corrected chi connectivity index (χ2v) is 7.21. The number of pyridine rings is 2. The number of hydrogen-bond acceptors (Lipinski definition) is 5. The molecule has 5 aromatic rings. The van der Waals surface area contributed by atoms with Gasteiger partial charge in [-0.2, -0.15) is 0 Å². The minimum Gasteiger partial charge on any atom is -0.464 e. The van der Waals surface area contributed by atoms with Crippen molar-refractivity contribution < 1.29 is 9.53 Å². The van der Waals surface area contributed by atoms with Crippen LogP contribution in [0.1, 0.15) is 21.6 Å². The van der Waals surface area contributed by atoms with E-state index in [1.165, 1.54) is 7.11 Å². The molecule has 0 saturated heterocycles. The third-order valence-corrected chi connectivity index (χ3v) is 5.69. The van der Waals surface area contributed by atoms with Crippen molar-refractivity contribution in [3.63, 3.8) is 0 Å². The Morgan fingerprint density at radius 3 is 2.76 bits per heavy atom. The molecule has 0 amide bonds. The molecule has 0 fully saturated rings. The number of anilines is 2. The number of carbonyl (C=O) groups excluding carboxylic acids is 1. The van der Waals surface area contributed by atoms with Crippen LogP contribution < -0.4 is 10.9 Å². The molecule has 1 N–H and O–H groups in total. The van der Waals surface area contributed by atoms with Gasteiger partial charge in [0.25, 0.3) is 5.56 Å². The summed E-state index contributed by atoms with van der Waals surface area (Å²) in [4.78, 5) is 30.5. The van der Waals surface area contributed by atoms with Crippen molar-refractivity contribution in [1.29, 1.82) is 0 Å². The normalized spacial score (nSPS) is 12.7. The second kappa shape index (κ2) is 5.54. The third-order valence-electron chi connectivity index (χ3n) is 5.69. The lowest BCUT2D eigenvalue weighted by atomic mass is 9.97. The molecular weight excluding hydrogens is 366 g/mol. The molecule has 0 radical (unpaired) electrons. The number of hydrogen-bond donors (Lipinski definition) is 1. The number of nitrogens with one attached hydrogen (secondary N) is 1. The van der Waals surface area contributed by atoms with Crippen molar-refractivity contribution in [1.82, 2.24) is 9.38 Å². The fraction of sp³-hybridized carbons (Fsp3) is 0.0870. The van der Waals surface area contributed by atoms with Gasteiger partial charge < -0.3 is 10.1 Å². The van der Waals surface area contributed by atoms with Crippen LogP contribution in [0.4, 0.5) is 11.4 Å². The third kappa shape index (κ3) is 2.03. The van der Waals surface area contributed by atoms with E-state index in [0.29, 0.717) is 23.2 Å². The predicted octanol–water partition coefficient (Wildman–Crippen LogP) is 3.87. The van der Waals surface area contributed by atoms with Crippen LogP contribution in [0.25, 0.3) is 27.3 Å². The Bertz CT molecular complexity index is 1530. The molecule has 140 valence electrons. The molecule has 3 aromatic heterocycles. The summed E-state index contributed by atoms with van der Waals surface area (Å²) in [5, 5.41) is 5.11. The fourth-order valence-corrected chi connectivity index (χ4v) is 4.39. The molecular formula is C23H15N3O3. The SMILES string of the molecule is COC(=O)c1cc2c3ccccc3n3c(=O)c4c(c(n1)c23)Nc1ccccc1C4. The maximum Gasteiger partial charge on any atom is 0.356 e. The van der Waals surface area contributed by atoms with Gasteiger partial charge in [0.15, 0.2) is 0 Å². The molecule has 1 aliphatic rings. The largest absolute Gasteiger partial charge is 0.464 e. The van der Waals surface area contributed by atoms with E-state index in [1.54, 1.807) is 10.5 Å². The summed E-state index contributed by atoms with van der Waals surface area (Å²) in [5.41, 5.74) is 5.60. The minimum absolute atomic E-state index is 0.0617. The molecule has 0 aliphatic carbocycles. The Balaban J connectivity index is 1.84. The molecule has 0 bridgehead atoms. The Kier molecular flexibility index (Phi) is 3.07. The number of rotatable bonds is 1. The van der Waals surface area contributed by atoms with E-state index in [4.69, 9.17) is 4.74 Å². The highest BCUT2D eigenvalue weighted by atomic mass is 16.5. The van der Waals surface area contributed by atoms with Gasteiger partial charge in [-0.05, 0) is 23.8 Å². The van der Waals surface area contributed by atoms with E-state index >= 15 is 0 Å². The van der Waals surface area contributed by atoms with Crippen LogP contribution in [0.3, 0.4) is 0 Å². The lowest BCUT2D eigenvalue weighted by molar-refractivity contribution is 0.0594. The van der Waals surface area contributed by atoms with Crippen molar-refractivity contribution in [2.45, 2.75) is 6.42 Å². The van der Waals surface area contributed by atoms with Crippen molar-refractivity contribution in [2.24, 2.45) is 0 Å². The van der Waals surface area contributed by atoms with E-state index in [-0.39, 0.29) is 11.3 Å². The molecule has 4 heterocycles. The monoisotopic (exact) mass is 381 g/mol. The number of methoxy groups -OCH3 is 1. The van der Waals surface area contributed by atoms with Crippen LogP contribution in [0.2, 0.25) is 0 Å². The van der Waals surface area contributed by atoms with Crippen LogP contribution in [-0.4, -0.2) is 22.5 Å². The molecule has 29 heavy (non-hydrogen) atoms. The summed E-state index contributed by atoms with van der Waals surface area (Å²) >= 11 is 0. The summed E-state index contributed by atoms with van der Waals surface area (Å²) in [7, 11) is 1.34. The smallest absolute Gasteiger partial charge is 0.356 e. The Hall–Kier alpha value is -3.93. The molecule has 1 aliphatic heterocycles. The molecule has 0 saturated carbocycles. The molecule has 0 unspecified atom stereocenters. The minimum atomic E-state index is -0.504. The molecule has 6 nitrogen and oxygen atoms in total. The lowest BCUT2D eigenvalue weighted by Gasteiger charge is -2.22. The van der Waals surface area contributed by atoms with Gasteiger partial charge in [-0.15, -0.1) is 0 Å². The summed E-state index contributed by atoms with van der Waals surface area (Å²) in [6, 6.07) is 17.3. The topological polar surface area (TPSA) is 72.7 Å². The molecule has 0 spiro atoms. The van der Waals surface area contributed by atoms with E-state index < -0.39 is 5.97 Å². The molecule has 0 atom stereocenters. The average molecular weight is 381 g/mol. The number of aromatic nitrogens is 2. The second-order valence-electron chi connectivity index (χ2n) is 7.21. The van der Waals surface area contributed by atoms with Crippen molar-refractivity contribution >= 4 is 44.7 Å². The van der Waals surface area contributed by atoms with Crippen LogP contribution >= 0.6 is 0 Å². The summed E-state index contributed by atoms with van der Waals surface area (Å²) in [5.74, 6) is -0.504. The van der Waals surface area contributed by atoms with E-state index in [1.807, 2.05) is 48.5 Å². The Morgan fingerprint density at radius 2 is 1.90 bits per heavy atom. The number of para-hydroxylation sites is 2. The van der Waals surface area contributed by atoms with Crippen molar-refractivity contribution in [3.05, 3.63) is 81.8 Å². The summed E-state index contributed by atoms with van der Waals surface area (Å²) < 4.78 is 6.65. The summed E-state index contributed by atoms with van der Waals surface area (Å²) in [6.07, 6.45) is 0.509. The number of fused-ring (bicyclic) bond motifs is 6. The zero-order valence-electron chi connectivity index (χ0n) is 15.5. The lowest BCUT2D eigenvalue weighted by Crippen LogP contribution is -2.23. The van der Waals surface area contributed by atoms with Gasteiger partial charge in [-0.1, -0.05) is 36.4 Å². The fourth-order valence-electron chi connectivity index (χ4n) is 4.39. The van der Waals surface area contributed by atoms with Crippen LogP contribution in [0, 0.1) is 0 Å². The van der Waals surface area contributed by atoms with Crippen LogP contribution in [0.15, 0.2) is 59.4 Å². The van der Waals surface area contributed by atoms with Gasteiger partial charge in [0, 0.05) is 28.4 Å².